The van der Waals surface area contributed by atoms with Gasteiger partial charge in [-0.15, -0.1) is 0 Å². The van der Waals surface area contributed by atoms with Gasteiger partial charge in [0.05, 0.1) is 6.54 Å². The smallest absolute Gasteiger partial charge is 0.188 e. The first-order chi connectivity index (χ1) is 9.34. The zero-order valence-corrected chi connectivity index (χ0v) is 14.1. The lowest BCUT2D eigenvalue weighted by Gasteiger charge is -2.21. The second kappa shape index (κ2) is 7.98. The molecular formula is C14H30N4OS. The Morgan fingerprint density at radius 2 is 2.20 bits per heavy atom. The van der Waals surface area contributed by atoms with Crippen LogP contribution in [0.5, 0.6) is 0 Å². The molecule has 6 heteroatoms. The Labute approximate surface area is 125 Å². The lowest BCUT2D eigenvalue weighted by molar-refractivity contribution is 0.273. The summed E-state index contributed by atoms with van der Waals surface area (Å²) in [6, 6.07) is 0.532. The Morgan fingerprint density at radius 3 is 2.80 bits per heavy atom. The molecule has 0 bridgehead atoms. The fourth-order valence-corrected chi connectivity index (χ4v) is 3.26. The molecule has 1 fully saturated rings. The molecular weight excluding hydrogens is 272 g/mol. The van der Waals surface area contributed by atoms with E-state index in [0.717, 1.165) is 13.1 Å². The average Bonchev–Trinajstić information content (AvgIpc) is 2.82. The molecule has 20 heavy (non-hydrogen) atoms. The number of likely N-dealkylation sites (tertiary alicyclic amines) is 1. The van der Waals surface area contributed by atoms with E-state index < -0.39 is 10.8 Å². The van der Waals surface area contributed by atoms with Gasteiger partial charge < -0.3 is 11.1 Å². The molecule has 0 amide bonds. The van der Waals surface area contributed by atoms with Crippen molar-refractivity contribution in [3.63, 3.8) is 0 Å². The van der Waals surface area contributed by atoms with Gasteiger partial charge in [0.15, 0.2) is 5.96 Å². The number of aliphatic imine (C=N–C) groups is 1. The van der Waals surface area contributed by atoms with Gasteiger partial charge in [0.2, 0.25) is 0 Å². The minimum atomic E-state index is -0.848. The van der Waals surface area contributed by atoms with Crippen molar-refractivity contribution in [1.82, 2.24) is 10.2 Å². The van der Waals surface area contributed by atoms with Crippen molar-refractivity contribution in [2.24, 2.45) is 10.7 Å². The van der Waals surface area contributed by atoms with Crippen LogP contribution in [0.25, 0.3) is 0 Å². The van der Waals surface area contributed by atoms with Crippen molar-refractivity contribution in [3.05, 3.63) is 0 Å². The van der Waals surface area contributed by atoms with E-state index in [9.17, 15) is 4.21 Å². The van der Waals surface area contributed by atoms with Crippen molar-refractivity contribution in [2.45, 2.75) is 51.3 Å². The third-order valence-electron chi connectivity index (χ3n) is 3.65. The number of likely N-dealkylation sites (N-methyl/N-ethyl adjacent to an activating group) is 1. The Bertz CT molecular complexity index is 352. The molecule has 1 rings (SSSR count). The lowest BCUT2D eigenvalue weighted by Crippen LogP contribution is -2.38. The van der Waals surface area contributed by atoms with Crippen LogP contribution >= 0.6 is 0 Å². The second-order valence-electron chi connectivity index (χ2n) is 6.24. The quantitative estimate of drug-likeness (QED) is 0.565. The Kier molecular flexibility index (Phi) is 6.95. The van der Waals surface area contributed by atoms with Gasteiger partial charge in [-0.25, -0.2) is 0 Å². The summed E-state index contributed by atoms with van der Waals surface area (Å²) in [4.78, 5) is 6.86. The van der Waals surface area contributed by atoms with Gasteiger partial charge in [-0.3, -0.25) is 14.1 Å². The maximum Gasteiger partial charge on any atom is 0.188 e. The molecule has 1 aliphatic heterocycles. The first-order valence-electron chi connectivity index (χ1n) is 7.51. The highest BCUT2D eigenvalue weighted by molar-refractivity contribution is 7.86. The van der Waals surface area contributed by atoms with E-state index in [2.05, 4.69) is 22.1 Å². The van der Waals surface area contributed by atoms with Crippen LogP contribution < -0.4 is 11.1 Å². The fourth-order valence-electron chi connectivity index (χ4n) is 2.36. The van der Waals surface area contributed by atoms with E-state index in [-0.39, 0.29) is 4.75 Å². The third kappa shape index (κ3) is 5.79. The molecule has 2 unspecified atom stereocenters. The molecule has 0 aliphatic carbocycles. The highest BCUT2D eigenvalue weighted by Gasteiger charge is 2.22. The van der Waals surface area contributed by atoms with Crippen LogP contribution in [0.1, 0.15) is 40.5 Å². The summed E-state index contributed by atoms with van der Waals surface area (Å²) in [5.41, 5.74) is 5.86. The van der Waals surface area contributed by atoms with E-state index in [1.807, 2.05) is 20.8 Å². The topological polar surface area (TPSA) is 70.7 Å². The predicted octanol–water partition coefficient (Wildman–Crippen LogP) is 0.922. The minimum absolute atomic E-state index is 0.168. The number of guanidine groups is 1. The summed E-state index contributed by atoms with van der Waals surface area (Å²) >= 11 is 0. The highest BCUT2D eigenvalue weighted by atomic mass is 32.2. The number of rotatable bonds is 6. The molecule has 1 heterocycles. The summed E-state index contributed by atoms with van der Waals surface area (Å²) < 4.78 is 11.7. The average molecular weight is 302 g/mol. The second-order valence-corrected chi connectivity index (χ2v) is 8.56. The maximum absolute atomic E-state index is 11.9. The SMILES string of the molecule is CCN1CCCC1CN=C(N)NCCS(=O)C(C)(C)C. The Hall–Kier alpha value is -0.620. The number of nitrogens with two attached hydrogens (primary N) is 1. The van der Waals surface area contributed by atoms with Crippen LogP contribution in [0, 0.1) is 0 Å². The molecule has 0 aromatic carbocycles. The van der Waals surface area contributed by atoms with Crippen LogP contribution in [0.2, 0.25) is 0 Å². The van der Waals surface area contributed by atoms with Gasteiger partial charge in [0.1, 0.15) is 0 Å². The largest absolute Gasteiger partial charge is 0.370 e. The molecule has 5 nitrogen and oxygen atoms in total. The number of nitrogens with zero attached hydrogens (tertiary/aromatic N) is 2. The van der Waals surface area contributed by atoms with Crippen molar-refractivity contribution < 1.29 is 4.21 Å². The Morgan fingerprint density at radius 1 is 1.50 bits per heavy atom. The summed E-state index contributed by atoms with van der Waals surface area (Å²) in [7, 11) is -0.848. The van der Waals surface area contributed by atoms with Gasteiger partial charge >= 0.3 is 0 Å². The lowest BCUT2D eigenvalue weighted by atomic mass is 10.2. The van der Waals surface area contributed by atoms with E-state index in [1.165, 1.54) is 19.4 Å². The fraction of sp³-hybridized carbons (Fsp3) is 0.929. The molecule has 0 spiro atoms. The van der Waals surface area contributed by atoms with Gasteiger partial charge in [-0.2, -0.15) is 0 Å². The molecule has 2 atom stereocenters. The molecule has 118 valence electrons. The van der Waals surface area contributed by atoms with E-state index in [1.54, 1.807) is 0 Å². The zero-order chi connectivity index (χ0) is 15.2. The standard InChI is InChI=1S/C14H30N4OS/c1-5-18-9-6-7-12(18)11-17-13(15)16-8-10-20(19)14(2,3)4/h12H,5-11H2,1-4H3,(H3,15,16,17). The van der Waals surface area contributed by atoms with Crippen molar-refractivity contribution in [1.29, 1.82) is 0 Å². The van der Waals surface area contributed by atoms with E-state index >= 15 is 0 Å². The van der Waals surface area contributed by atoms with Crippen LogP contribution in [0.15, 0.2) is 4.99 Å². The third-order valence-corrected chi connectivity index (χ3v) is 5.60. The normalized spacial score (nSPS) is 23.0. The van der Waals surface area contributed by atoms with Gasteiger partial charge in [0.25, 0.3) is 0 Å². The molecule has 0 aromatic heterocycles. The minimum Gasteiger partial charge on any atom is -0.370 e. The summed E-state index contributed by atoms with van der Waals surface area (Å²) in [5.74, 6) is 1.07. The number of hydrogen-bond donors (Lipinski definition) is 2. The Balaban J connectivity index is 2.27. The molecule has 0 radical (unpaired) electrons. The monoisotopic (exact) mass is 302 g/mol. The summed E-state index contributed by atoms with van der Waals surface area (Å²) in [6.45, 7) is 11.8. The van der Waals surface area contributed by atoms with Gasteiger partial charge in [-0.1, -0.05) is 6.92 Å². The van der Waals surface area contributed by atoms with Gasteiger partial charge in [-0.05, 0) is 46.7 Å². The molecule has 1 saturated heterocycles. The van der Waals surface area contributed by atoms with Crippen molar-refractivity contribution >= 4 is 16.8 Å². The first kappa shape index (κ1) is 17.4. The van der Waals surface area contributed by atoms with E-state index in [0.29, 0.717) is 24.3 Å². The van der Waals surface area contributed by atoms with Crippen molar-refractivity contribution in [3.8, 4) is 0 Å². The van der Waals surface area contributed by atoms with Crippen LogP contribution in [-0.2, 0) is 10.8 Å². The first-order valence-corrected chi connectivity index (χ1v) is 8.82. The maximum atomic E-state index is 11.9. The summed E-state index contributed by atoms with van der Waals surface area (Å²) in [5, 5.41) is 3.06. The van der Waals surface area contributed by atoms with Crippen LogP contribution in [0.3, 0.4) is 0 Å². The summed E-state index contributed by atoms with van der Waals surface area (Å²) in [6.07, 6.45) is 2.46. The van der Waals surface area contributed by atoms with Crippen molar-refractivity contribution in [2.75, 3.05) is 31.9 Å². The van der Waals surface area contributed by atoms with Crippen LogP contribution in [0.4, 0.5) is 0 Å². The zero-order valence-electron chi connectivity index (χ0n) is 13.3. The molecule has 3 N–H and O–H groups in total. The number of hydrogen-bond acceptors (Lipinski definition) is 3. The number of nitrogens with one attached hydrogen (secondary N) is 1. The van der Waals surface area contributed by atoms with E-state index in [4.69, 9.17) is 5.73 Å². The highest BCUT2D eigenvalue weighted by Crippen LogP contribution is 2.16. The van der Waals surface area contributed by atoms with Crippen LogP contribution in [-0.4, -0.2) is 57.8 Å². The predicted molar refractivity (Wildman–Crippen MR) is 87.5 cm³/mol. The molecule has 0 aromatic rings. The molecule has 1 aliphatic rings. The molecule has 0 saturated carbocycles. The van der Waals surface area contributed by atoms with Gasteiger partial charge in [0, 0.05) is 33.9 Å².